The summed E-state index contributed by atoms with van der Waals surface area (Å²) in [6, 6.07) is 9.64. The molecule has 4 heteroatoms. The summed E-state index contributed by atoms with van der Waals surface area (Å²) in [5.74, 6) is 0.0619. The Morgan fingerprint density at radius 1 is 1.30 bits per heavy atom. The number of ketones is 1. The van der Waals surface area contributed by atoms with Crippen LogP contribution in [0.4, 0.5) is 0 Å². The van der Waals surface area contributed by atoms with E-state index in [9.17, 15) is 4.79 Å². The van der Waals surface area contributed by atoms with Crippen LogP contribution in [0.25, 0.3) is 0 Å². The minimum Gasteiger partial charge on any atom is -0.366 e. The Morgan fingerprint density at radius 3 is 2.55 bits per heavy atom. The van der Waals surface area contributed by atoms with Crippen molar-refractivity contribution in [3.8, 4) is 0 Å². The van der Waals surface area contributed by atoms with Crippen molar-refractivity contribution in [3.63, 3.8) is 0 Å². The normalized spacial score (nSPS) is 12.3. The Hall–Kier alpha value is -1.52. The molecule has 2 rings (SSSR count). The maximum Gasteiger partial charge on any atom is 0.172 e. The van der Waals surface area contributed by atoms with E-state index in [0.29, 0.717) is 13.0 Å². The lowest BCUT2D eigenvalue weighted by atomic mass is 10.0. The molecular formula is C16H19NO2S. The Labute approximate surface area is 123 Å². The summed E-state index contributed by atoms with van der Waals surface area (Å²) in [6.45, 7) is 6.41. The highest BCUT2D eigenvalue weighted by molar-refractivity contribution is 7.11. The molecule has 1 unspecified atom stereocenters. The lowest BCUT2D eigenvalue weighted by molar-refractivity contribution is -0.130. The molecule has 1 atom stereocenters. The third kappa shape index (κ3) is 3.52. The number of ether oxygens (including phenoxy) is 1. The number of nitrogens with zero attached hydrogens (tertiary/aromatic N) is 1. The van der Waals surface area contributed by atoms with Crippen LogP contribution in [0.2, 0.25) is 0 Å². The van der Waals surface area contributed by atoms with Crippen molar-refractivity contribution in [2.24, 2.45) is 0 Å². The number of Topliss-reactive ketones (excluding diaryl/α,β-unsaturated/α-hetero) is 1. The summed E-state index contributed by atoms with van der Waals surface area (Å²) >= 11 is 1.59. The van der Waals surface area contributed by atoms with Gasteiger partial charge in [0.2, 0.25) is 0 Å². The van der Waals surface area contributed by atoms with E-state index in [1.807, 2.05) is 51.1 Å². The number of aryl methyl sites for hydroxylation is 2. The third-order valence-electron chi connectivity index (χ3n) is 3.13. The Kier molecular flexibility index (Phi) is 5.04. The summed E-state index contributed by atoms with van der Waals surface area (Å²) in [5.41, 5.74) is 1.91. The van der Waals surface area contributed by atoms with E-state index in [-0.39, 0.29) is 5.78 Å². The molecular weight excluding hydrogens is 270 g/mol. The van der Waals surface area contributed by atoms with Crippen molar-refractivity contribution >= 4 is 17.1 Å². The van der Waals surface area contributed by atoms with E-state index in [0.717, 1.165) is 16.3 Å². The highest BCUT2D eigenvalue weighted by Gasteiger charge is 2.22. The lowest BCUT2D eigenvalue weighted by Crippen LogP contribution is -2.18. The highest BCUT2D eigenvalue weighted by Crippen LogP contribution is 2.23. The van der Waals surface area contributed by atoms with Gasteiger partial charge in [0.15, 0.2) is 5.78 Å². The second kappa shape index (κ2) is 6.77. The van der Waals surface area contributed by atoms with Crippen LogP contribution in [0, 0.1) is 13.8 Å². The van der Waals surface area contributed by atoms with Crippen LogP contribution in [0.3, 0.4) is 0 Å². The van der Waals surface area contributed by atoms with Crippen molar-refractivity contribution in [2.75, 3.05) is 6.61 Å². The molecule has 2 aromatic rings. The van der Waals surface area contributed by atoms with Crippen LogP contribution in [0.1, 0.15) is 34.2 Å². The molecule has 0 fully saturated rings. The molecule has 0 saturated heterocycles. The van der Waals surface area contributed by atoms with Crippen molar-refractivity contribution in [1.29, 1.82) is 0 Å². The minimum absolute atomic E-state index is 0.0619. The number of thiazole rings is 1. The summed E-state index contributed by atoms with van der Waals surface area (Å²) in [7, 11) is 0. The van der Waals surface area contributed by atoms with E-state index in [1.165, 1.54) is 4.88 Å². The number of aromatic nitrogens is 1. The fourth-order valence-electron chi connectivity index (χ4n) is 2.03. The zero-order chi connectivity index (χ0) is 14.5. The van der Waals surface area contributed by atoms with Gasteiger partial charge >= 0.3 is 0 Å². The van der Waals surface area contributed by atoms with Crippen LogP contribution < -0.4 is 0 Å². The molecule has 106 valence electrons. The second-order valence-electron chi connectivity index (χ2n) is 4.64. The van der Waals surface area contributed by atoms with Crippen molar-refractivity contribution < 1.29 is 9.53 Å². The average molecular weight is 289 g/mol. The molecule has 0 spiro atoms. The van der Waals surface area contributed by atoms with E-state index in [1.54, 1.807) is 11.3 Å². The second-order valence-corrected chi connectivity index (χ2v) is 5.93. The largest absolute Gasteiger partial charge is 0.366 e. The van der Waals surface area contributed by atoms with Crippen LogP contribution in [0.5, 0.6) is 0 Å². The molecule has 1 aromatic carbocycles. The van der Waals surface area contributed by atoms with E-state index >= 15 is 0 Å². The number of carbonyl (C=O) groups is 1. The van der Waals surface area contributed by atoms with E-state index in [2.05, 4.69) is 4.98 Å². The first-order valence-corrected chi connectivity index (χ1v) is 7.55. The third-order valence-corrected chi connectivity index (χ3v) is 4.20. The van der Waals surface area contributed by atoms with Gasteiger partial charge in [0.05, 0.1) is 12.1 Å². The molecule has 0 amide bonds. The van der Waals surface area contributed by atoms with Gasteiger partial charge in [0.1, 0.15) is 11.1 Å². The molecule has 1 aromatic heterocycles. The maximum atomic E-state index is 12.5. The molecule has 20 heavy (non-hydrogen) atoms. The van der Waals surface area contributed by atoms with E-state index < -0.39 is 6.10 Å². The van der Waals surface area contributed by atoms with Gasteiger partial charge < -0.3 is 4.74 Å². The van der Waals surface area contributed by atoms with Gasteiger partial charge in [-0.1, -0.05) is 30.3 Å². The SMILES string of the molecule is CCOC(C(=O)Cc1nc(C)c(C)s1)c1ccccc1. The monoisotopic (exact) mass is 289 g/mol. The van der Waals surface area contributed by atoms with Gasteiger partial charge in [-0.05, 0) is 26.3 Å². The smallest absolute Gasteiger partial charge is 0.172 e. The number of hydrogen-bond donors (Lipinski definition) is 0. The first-order valence-electron chi connectivity index (χ1n) is 6.74. The Balaban J connectivity index is 2.15. The summed E-state index contributed by atoms with van der Waals surface area (Å²) < 4.78 is 5.63. The summed E-state index contributed by atoms with van der Waals surface area (Å²) in [6.07, 6.45) is -0.162. The van der Waals surface area contributed by atoms with Crippen LogP contribution in [-0.4, -0.2) is 17.4 Å². The van der Waals surface area contributed by atoms with Gasteiger partial charge in [-0.15, -0.1) is 11.3 Å². The number of carbonyl (C=O) groups excluding carboxylic acids is 1. The van der Waals surface area contributed by atoms with Gasteiger partial charge in [-0.3, -0.25) is 4.79 Å². The lowest BCUT2D eigenvalue weighted by Gasteiger charge is -2.15. The zero-order valence-electron chi connectivity index (χ0n) is 12.1. The predicted octanol–water partition coefficient (Wildman–Crippen LogP) is 3.65. The quantitative estimate of drug-likeness (QED) is 0.815. The topological polar surface area (TPSA) is 39.2 Å². The van der Waals surface area contributed by atoms with Gasteiger partial charge in [-0.25, -0.2) is 4.98 Å². The molecule has 0 saturated carbocycles. The molecule has 3 nitrogen and oxygen atoms in total. The fraction of sp³-hybridized carbons (Fsp3) is 0.375. The molecule has 0 aliphatic heterocycles. The van der Waals surface area contributed by atoms with Crippen molar-refractivity contribution in [2.45, 2.75) is 33.3 Å². The molecule has 0 radical (unpaired) electrons. The highest BCUT2D eigenvalue weighted by atomic mass is 32.1. The minimum atomic E-state index is -0.495. The Morgan fingerprint density at radius 2 is 2.00 bits per heavy atom. The number of hydrogen-bond acceptors (Lipinski definition) is 4. The van der Waals surface area contributed by atoms with E-state index in [4.69, 9.17) is 4.74 Å². The van der Waals surface area contributed by atoms with Crippen LogP contribution >= 0.6 is 11.3 Å². The molecule has 1 heterocycles. The van der Waals surface area contributed by atoms with Gasteiger partial charge in [-0.2, -0.15) is 0 Å². The molecule has 0 bridgehead atoms. The number of rotatable bonds is 6. The predicted molar refractivity (Wildman–Crippen MR) is 81.1 cm³/mol. The fourth-order valence-corrected chi connectivity index (χ4v) is 2.97. The summed E-state index contributed by atoms with van der Waals surface area (Å²) in [5, 5.41) is 0.866. The summed E-state index contributed by atoms with van der Waals surface area (Å²) in [4.78, 5) is 18.1. The van der Waals surface area contributed by atoms with Crippen LogP contribution in [0.15, 0.2) is 30.3 Å². The van der Waals surface area contributed by atoms with Gasteiger partial charge in [0.25, 0.3) is 0 Å². The standard InChI is InChI=1S/C16H19NO2S/c1-4-19-16(13-8-6-5-7-9-13)14(18)10-15-17-11(2)12(3)20-15/h5-9,16H,4,10H2,1-3H3. The molecule has 0 aliphatic rings. The maximum absolute atomic E-state index is 12.5. The molecule has 0 aliphatic carbocycles. The zero-order valence-corrected chi connectivity index (χ0v) is 12.9. The average Bonchev–Trinajstić information content (AvgIpc) is 2.75. The first kappa shape index (κ1) is 14.9. The molecule has 0 N–H and O–H groups in total. The van der Waals surface area contributed by atoms with Crippen molar-refractivity contribution in [3.05, 3.63) is 51.5 Å². The number of benzene rings is 1. The van der Waals surface area contributed by atoms with Crippen LogP contribution in [-0.2, 0) is 16.0 Å². The van der Waals surface area contributed by atoms with Gasteiger partial charge in [0, 0.05) is 11.5 Å². The van der Waals surface area contributed by atoms with Crippen molar-refractivity contribution in [1.82, 2.24) is 4.98 Å². The Bertz CT molecular complexity index is 558. The first-order chi connectivity index (χ1) is 9.61.